The van der Waals surface area contributed by atoms with Crippen LogP contribution in [0.3, 0.4) is 0 Å². The predicted molar refractivity (Wildman–Crippen MR) is 72.9 cm³/mol. The lowest BCUT2D eigenvalue weighted by Gasteiger charge is -2.17. The van der Waals surface area contributed by atoms with Gasteiger partial charge < -0.3 is 20.2 Å². The van der Waals surface area contributed by atoms with Gasteiger partial charge in [0.25, 0.3) is 0 Å². The van der Waals surface area contributed by atoms with Gasteiger partial charge in [0.15, 0.2) is 6.39 Å². The number of oxazole rings is 1. The Kier molecular flexibility index (Phi) is 4.73. The summed E-state index contributed by atoms with van der Waals surface area (Å²) in [5.74, 6) is 0.673. The van der Waals surface area contributed by atoms with Crippen LogP contribution in [-0.2, 0) is 6.54 Å². The molecule has 6 nitrogen and oxygen atoms in total. The molecule has 1 aromatic heterocycles. The van der Waals surface area contributed by atoms with Gasteiger partial charge in [0, 0.05) is 0 Å². The molecule has 2 amide bonds. The molecule has 1 aromatic carbocycles. The Hall–Kier alpha value is -2.34. The zero-order chi connectivity index (χ0) is 14.4. The Morgan fingerprint density at radius 3 is 2.75 bits per heavy atom. The maximum atomic E-state index is 11.8. The van der Waals surface area contributed by atoms with Crippen molar-refractivity contribution in [2.45, 2.75) is 19.5 Å². The molecule has 0 bridgehead atoms. The molecule has 1 atom stereocenters. The van der Waals surface area contributed by atoms with E-state index in [9.17, 15) is 9.90 Å². The smallest absolute Gasteiger partial charge is 0.315 e. The van der Waals surface area contributed by atoms with Crippen LogP contribution in [0.5, 0.6) is 0 Å². The number of amides is 2. The van der Waals surface area contributed by atoms with Gasteiger partial charge in [-0.15, -0.1) is 0 Å². The lowest BCUT2D eigenvalue weighted by molar-refractivity contribution is 0.216. The average Bonchev–Trinajstić information content (AvgIpc) is 2.89. The lowest BCUT2D eigenvalue weighted by Crippen LogP contribution is -2.39. The first-order valence-corrected chi connectivity index (χ1v) is 6.30. The van der Waals surface area contributed by atoms with E-state index in [1.165, 1.54) is 6.39 Å². The summed E-state index contributed by atoms with van der Waals surface area (Å²) < 4.78 is 5.05. The summed E-state index contributed by atoms with van der Waals surface area (Å²) in [6.07, 6.45) is 1.34. The van der Waals surface area contributed by atoms with Crippen LogP contribution in [0.25, 0.3) is 0 Å². The molecule has 0 saturated carbocycles. The highest BCUT2D eigenvalue weighted by molar-refractivity contribution is 5.74. The highest BCUT2D eigenvalue weighted by Gasteiger charge is 2.13. The van der Waals surface area contributed by atoms with Crippen molar-refractivity contribution in [1.29, 1.82) is 0 Å². The number of aryl methyl sites for hydroxylation is 1. The van der Waals surface area contributed by atoms with Gasteiger partial charge in [0.1, 0.15) is 11.5 Å². The Morgan fingerprint density at radius 1 is 1.40 bits per heavy atom. The van der Waals surface area contributed by atoms with E-state index in [0.717, 1.165) is 5.56 Å². The molecule has 0 spiro atoms. The molecule has 106 valence electrons. The molecule has 1 heterocycles. The zero-order valence-corrected chi connectivity index (χ0v) is 11.2. The topological polar surface area (TPSA) is 87.4 Å². The number of rotatable bonds is 5. The van der Waals surface area contributed by atoms with Crippen LogP contribution in [0.4, 0.5) is 4.79 Å². The number of benzene rings is 1. The molecule has 0 aliphatic heterocycles. The third-order valence-electron chi connectivity index (χ3n) is 2.95. The van der Waals surface area contributed by atoms with Gasteiger partial charge in [-0.1, -0.05) is 30.3 Å². The molecule has 3 N–H and O–H groups in total. The minimum atomic E-state index is -0.436. The highest BCUT2D eigenvalue weighted by atomic mass is 16.3. The standard InChI is InChI=1S/C14H17N3O3/c1-10-12(16-9-20-10)7-15-14(19)17-13(8-18)11-5-3-2-4-6-11/h2-6,9,13,18H,7-8H2,1H3,(H2,15,17,19). The molecule has 1 unspecified atom stereocenters. The molecule has 20 heavy (non-hydrogen) atoms. The SMILES string of the molecule is Cc1ocnc1CNC(=O)NC(CO)c1ccccc1. The minimum Gasteiger partial charge on any atom is -0.448 e. The molecule has 0 aliphatic carbocycles. The van der Waals surface area contributed by atoms with Crippen molar-refractivity contribution in [3.8, 4) is 0 Å². The monoisotopic (exact) mass is 275 g/mol. The molecule has 0 fully saturated rings. The largest absolute Gasteiger partial charge is 0.448 e. The Balaban J connectivity index is 1.88. The fourth-order valence-corrected chi connectivity index (χ4v) is 1.79. The second-order valence-corrected chi connectivity index (χ2v) is 4.33. The fourth-order valence-electron chi connectivity index (χ4n) is 1.79. The van der Waals surface area contributed by atoms with Gasteiger partial charge in [-0.2, -0.15) is 0 Å². The number of aliphatic hydroxyl groups is 1. The second-order valence-electron chi connectivity index (χ2n) is 4.33. The molecular formula is C14H17N3O3. The van der Waals surface area contributed by atoms with Gasteiger partial charge in [-0.3, -0.25) is 0 Å². The second kappa shape index (κ2) is 6.72. The molecule has 0 aliphatic rings. The third kappa shape index (κ3) is 3.58. The molecule has 2 rings (SSSR count). The van der Waals surface area contributed by atoms with Gasteiger partial charge in [0.2, 0.25) is 0 Å². The first-order chi connectivity index (χ1) is 9.70. The van der Waals surface area contributed by atoms with E-state index < -0.39 is 6.04 Å². The Morgan fingerprint density at radius 2 is 2.15 bits per heavy atom. The summed E-state index contributed by atoms with van der Waals surface area (Å²) in [5.41, 5.74) is 1.53. The average molecular weight is 275 g/mol. The summed E-state index contributed by atoms with van der Waals surface area (Å²) in [4.78, 5) is 15.8. The molecule has 6 heteroatoms. The molecule has 0 saturated heterocycles. The van der Waals surface area contributed by atoms with E-state index in [4.69, 9.17) is 4.42 Å². The van der Waals surface area contributed by atoms with Crippen molar-refractivity contribution in [3.63, 3.8) is 0 Å². The van der Waals surface area contributed by atoms with Crippen LogP contribution in [0.15, 0.2) is 41.1 Å². The molecule has 0 radical (unpaired) electrons. The van der Waals surface area contributed by atoms with Crippen LogP contribution in [0, 0.1) is 6.92 Å². The van der Waals surface area contributed by atoms with Gasteiger partial charge in [-0.25, -0.2) is 9.78 Å². The van der Waals surface area contributed by atoms with Gasteiger partial charge in [0.05, 0.1) is 19.2 Å². The maximum Gasteiger partial charge on any atom is 0.315 e. The predicted octanol–water partition coefficient (Wildman–Crippen LogP) is 1.52. The Bertz CT molecular complexity index is 554. The zero-order valence-electron chi connectivity index (χ0n) is 11.2. The summed E-state index contributed by atoms with van der Waals surface area (Å²) in [6.45, 7) is 1.89. The van der Waals surface area contributed by atoms with Crippen molar-refractivity contribution < 1.29 is 14.3 Å². The summed E-state index contributed by atoms with van der Waals surface area (Å²) in [7, 11) is 0. The number of hydrogen-bond acceptors (Lipinski definition) is 4. The van der Waals surface area contributed by atoms with Crippen LogP contribution in [0.1, 0.15) is 23.1 Å². The number of carbonyl (C=O) groups excluding carboxylic acids is 1. The van der Waals surface area contributed by atoms with Crippen LogP contribution in [-0.4, -0.2) is 22.7 Å². The summed E-state index contributed by atoms with van der Waals surface area (Å²) >= 11 is 0. The van der Waals surface area contributed by atoms with Crippen molar-refractivity contribution in [3.05, 3.63) is 53.7 Å². The lowest BCUT2D eigenvalue weighted by atomic mass is 10.1. The van der Waals surface area contributed by atoms with Crippen molar-refractivity contribution >= 4 is 6.03 Å². The number of nitrogens with zero attached hydrogens (tertiary/aromatic N) is 1. The van der Waals surface area contributed by atoms with E-state index in [1.807, 2.05) is 30.3 Å². The fraction of sp³-hybridized carbons (Fsp3) is 0.286. The minimum absolute atomic E-state index is 0.166. The van der Waals surface area contributed by atoms with E-state index in [1.54, 1.807) is 6.92 Å². The van der Waals surface area contributed by atoms with E-state index in [-0.39, 0.29) is 19.2 Å². The molecular weight excluding hydrogens is 258 g/mol. The van der Waals surface area contributed by atoms with Crippen LogP contribution in [0.2, 0.25) is 0 Å². The van der Waals surface area contributed by atoms with E-state index in [2.05, 4.69) is 15.6 Å². The number of aliphatic hydroxyl groups excluding tert-OH is 1. The number of urea groups is 1. The summed E-state index contributed by atoms with van der Waals surface area (Å²) in [6, 6.07) is 8.49. The maximum absolute atomic E-state index is 11.8. The van der Waals surface area contributed by atoms with Crippen LogP contribution >= 0.6 is 0 Å². The van der Waals surface area contributed by atoms with E-state index >= 15 is 0 Å². The Labute approximate surface area is 116 Å². The van der Waals surface area contributed by atoms with Gasteiger partial charge >= 0.3 is 6.03 Å². The van der Waals surface area contributed by atoms with Gasteiger partial charge in [-0.05, 0) is 12.5 Å². The number of carbonyl (C=O) groups is 1. The van der Waals surface area contributed by atoms with Crippen molar-refractivity contribution in [2.24, 2.45) is 0 Å². The number of nitrogens with one attached hydrogen (secondary N) is 2. The first kappa shape index (κ1) is 14.1. The van der Waals surface area contributed by atoms with Crippen molar-refractivity contribution in [2.75, 3.05) is 6.61 Å². The van der Waals surface area contributed by atoms with Crippen molar-refractivity contribution in [1.82, 2.24) is 15.6 Å². The highest BCUT2D eigenvalue weighted by Crippen LogP contribution is 2.11. The quantitative estimate of drug-likeness (QED) is 0.772. The van der Waals surface area contributed by atoms with E-state index in [0.29, 0.717) is 11.5 Å². The third-order valence-corrected chi connectivity index (χ3v) is 2.95. The first-order valence-electron chi connectivity index (χ1n) is 6.30. The van der Waals surface area contributed by atoms with Crippen LogP contribution < -0.4 is 10.6 Å². The summed E-state index contributed by atoms with van der Waals surface area (Å²) in [5, 5.41) is 14.7. The normalized spacial score (nSPS) is 11.9. The number of hydrogen-bond donors (Lipinski definition) is 3. The number of aromatic nitrogens is 1. The molecule has 2 aromatic rings.